The Morgan fingerprint density at radius 2 is 1.89 bits per heavy atom. The summed E-state index contributed by atoms with van der Waals surface area (Å²) < 4.78 is 10.4. The number of hydrogen-bond donors (Lipinski definition) is 2. The SMILES string of the molecule is COCCNC(=O)c1ccccc1NC(=O)C1CCN(Cc2nc(-c3ccccc3Cl)no2)CC1. The molecule has 0 unspecified atom stereocenters. The average molecular weight is 498 g/mol. The number of amides is 2. The summed E-state index contributed by atoms with van der Waals surface area (Å²) in [6.45, 7) is 2.78. The third-order valence-corrected chi connectivity index (χ3v) is 6.25. The van der Waals surface area contributed by atoms with Gasteiger partial charge in [0.2, 0.25) is 17.6 Å². The molecule has 9 nitrogen and oxygen atoms in total. The van der Waals surface area contributed by atoms with Crippen molar-refractivity contribution in [3.63, 3.8) is 0 Å². The van der Waals surface area contributed by atoms with E-state index in [0.29, 0.717) is 60.5 Å². The van der Waals surface area contributed by atoms with Gasteiger partial charge in [0.15, 0.2) is 0 Å². The highest BCUT2D eigenvalue weighted by Crippen LogP contribution is 2.26. The zero-order valence-corrected chi connectivity index (χ0v) is 20.3. The third kappa shape index (κ3) is 6.45. The predicted octanol–water partition coefficient (Wildman–Crippen LogP) is 3.62. The highest BCUT2D eigenvalue weighted by atomic mass is 35.5. The first-order valence-electron chi connectivity index (χ1n) is 11.5. The van der Waals surface area contributed by atoms with Gasteiger partial charge in [0, 0.05) is 25.1 Å². The fourth-order valence-electron chi connectivity index (χ4n) is 4.00. The van der Waals surface area contributed by atoms with Gasteiger partial charge in [-0.1, -0.05) is 41.0 Å². The molecule has 184 valence electrons. The Labute approximate surface area is 208 Å². The minimum absolute atomic E-state index is 0.0828. The summed E-state index contributed by atoms with van der Waals surface area (Å²) in [6.07, 6.45) is 1.39. The molecule has 0 atom stereocenters. The van der Waals surface area contributed by atoms with Gasteiger partial charge in [-0.2, -0.15) is 4.98 Å². The quantitative estimate of drug-likeness (QED) is 0.434. The lowest BCUT2D eigenvalue weighted by molar-refractivity contribution is -0.121. The lowest BCUT2D eigenvalue weighted by atomic mass is 9.95. The normalized spacial score (nSPS) is 14.6. The largest absolute Gasteiger partial charge is 0.383 e. The van der Waals surface area contributed by atoms with Crippen molar-refractivity contribution in [2.45, 2.75) is 19.4 Å². The zero-order chi connectivity index (χ0) is 24.6. The number of para-hydroxylation sites is 1. The summed E-state index contributed by atoms with van der Waals surface area (Å²) in [5, 5.41) is 10.3. The molecule has 0 spiro atoms. The molecule has 10 heteroatoms. The minimum atomic E-state index is -0.247. The molecular weight excluding hydrogens is 470 g/mol. The van der Waals surface area contributed by atoms with E-state index in [0.717, 1.165) is 18.7 Å². The number of aromatic nitrogens is 2. The van der Waals surface area contributed by atoms with Crippen molar-refractivity contribution < 1.29 is 18.8 Å². The Hall–Kier alpha value is -3.27. The number of rotatable bonds is 9. The molecule has 2 heterocycles. The Bertz CT molecular complexity index is 1160. The number of carbonyl (C=O) groups is 2. The maximum absolute atomic E-state index is 12.9. The number of nitrogens with zero attached hydrogens (tertiary/aromatic N) is 3. The van der Waals surface area contributed by atoms with Gasteiger partial charge in [0.25, 0.3) is 5.91 Å². The average Bonchev–Trinajstić information content (AvgIpc) is 3.33. The molecule has 0 saturated carbocycles. The number of carbonyl (C=O) groups excluding carboxylic acids is 2. The van der Waals surface area contributed by atoms with Crippen molar-refractivity contribution in [3.05, 3.63) is 65.0 Å². The molecule has 2 N–H and O–H groups in total. The van der Waals surface area contributed by atoms with E-state index >= 15 is 0 Å². The molecule has 35 heavy (non-hydrogen) atoms. The van der Waals surface area contributed by atoms with E-state index in [9.17, 15) is 9.59 Å². The molecular formula is C25H28ClN5O4. The second kappa shape index (κ2) is 11.9. The monoisotopic (exact) mass is 497 g/mol. The molecule has 1 fully saturated rings. The first-order chi connectivity index (χ1) is 17.0. The van der Waals surface area contributed by atoms with Crippen molar-refractivity contribution in [3.8, 4) is 11.4 Å². The van der Waals surface area contributed by atoms with E-state index < -0.39 is 0 Å². The van der Waals surface area contributed by atoms with Crippen LogP contribution < -0.4 is 10.6 Å². The van der Waals surface area contributed by atoms with E-state index in [1.54, 1.807) is 37.4 Å². The molecule has 1 aromatic heterocycles. The molecule has 0 radical (unpaired) electrons. The fraction of sp³-hybridized carbons (Fsp3) is 0.360. The Morgan fingerprint density at radius 3 is 2.66 bits per heavy atom. The number of halogens is 1. The number of piperidine rings is 1. The van der Waals surface area contributed by atoms with E-state index in [1.807, 2.05) is 18.2 Å². The van der Waals surface area contributed by atoms with Crippen LogP contribution in [0.25, 0.3) is 11.4 Å². The van der Waals surface area contributed by atoms with Crippen LogP contribution >= 0.6 is 11.6 Å². The zero-order valence-electron chi connectivity index (χ0n) is 19.5. The summed E-state index contributed by atoms with van der Waals surface area (Å²) in [5.74, 6) is 0.502. The molecule has 2 aromatic carbocycles. The molecule has 1 aliphatic rings. The Balaban J connectivity index is 1.29. The highest BCUT2D eigenvalue weighted by Gasteiger charge is 2.27. The van der Waals surface area contributed by atoms with Crippen LogP contribution in [-0.4, -0.2) is 60.2 Å². The number of benzene rings is 2. The van der Waals surface area contributed by atoms with Gasteiger partial charge in [-0.15, -0.1) is 0 Å². The minimum Gasteiger partial charge on any atom is -0.383 e. The van der Waals surface area contributed by atoms with Gasteiger partial charge in [-0.05, 0) is 50.2 Å². The standard InChI is InChI=1S/C25H28ClN5O4/c1-34-15-12-27-25(33)19-7-3-5-9-21(19)28-24(32)17-10-13-31(14-11-17)16-22-29-23(30-35-22)18-6-2-4-8-20(18)26/h2-9,17H,10-16H2,1H3,(H,27,33)(H,28,32). The van der Waals surface area contributed by atoms with Crippen LogP contribution in [0.2, 0.25) is 5.02 Å². The van der Waals surface area contributed by atoms with Crippen molar-refractivity contribution in [1.29, 1.82) is 0 Å². The maximum Gasteiger partial charge on any atom is 0.253 e. The summed E-state index contributed by atoms with van der Waals surface area (Å²) in [4.78, 5) is 32.1. The Morgan fingerprint density at radius 1 is 1.14 bits per heavy atom. The van der Waals surface area contributed by atoms with Crippen LogP contribution in [0.5, 0.6) is 0 Å². The van der Waals surface area contributed by atoms with Gasteiger partial charge in [-0.25, -0.2) is 0 Å². The van der Waals surface area contributed by atoms with Crippen molar-refractivity contribution in [2.24, 2.45) is 5.92 Å². The van der Waals surface area contributed by atoms with E-state index in [2.05, 4.69) is 25.7 Å². The molecule has 3 aromatic rings. The number of methoxy groups -OCH3 is 1. The van der Waals surface area contributed by atoms with Crippen molar-refractivity contribution in [2.75, 3.05) is 38.7 Å². The van der Waals surface area contributed by atoms with Crippen LogP contribution in [-0.2, 0) is 16.1 Å². The first-order valence-corrected chi connectivity index (χ1v) is 11.9. The van der Waals surface area contributed by atoms with Gasteiger partial charge < -0.3 is 19.9 Å². The molecule has 0 aliphatic carbocycles. The third-order valence-electron chi connectivity index (χ3n) is 5.92. The van der Waals surface area contributed by atoms with E-state index in [1.165, 1.54) is 0 Å². The first kappa shape index (κ1) is 24.8. The van der Waals surface area contributed by atoms with E-state index in [4.69, 9.17) is 20.9 Å². The van der Waals surface area contributed by atoms with Crippen LogP contribution in [0.15, 0.2) is 53.1 Å². The summed E-state index contributed by atoms with van der Waals surface area (Å²) in [6, 6.07) is 14.4. The van der Waals surface area contributed by atoms with Crippen molar-refractivity contribution in [1.82, 2.24) is 20.4 Å². The van der Waals surface area contributed by atoms with Crippen LogP contribution in [0.4, 0.5) is 5.69 Å². The lowest BCUT2D eigenvalue weighted by Gasteiger charge is -2.30. The summed E-state index contributed by atoms with van der Waals surface area (Å²) in [7, 11) is 1.58. The number of nitrogens with one attached hydrogen (secondary N) is 2. The van der Waals surface area contributed by atoms with Gasteiger partial charge >= 0.3 is 0 Å². The molecule has 4 rings (SSSR count). The topological polar surface area (TPSA) is 110 Å². The number of ether oxygens (including phenoxy) is 1. The summed E-state index contributed by atoms with van der Waals surface area (Å²) in [5.41, 5.74) is 1.67. The van der Waals surface area contributed by atoms with Gasteiger partial charge in [0.05, 0.1) is 29.4 Å². The lowest BCUT2D eigenvalue weighted by Crippen LogP contribution is -2.38. The van der Waals surface area contributed by atoms with Crippen LogP contribution in [0, 0.1) is 5.92 Å². The van der Waals surface area contributed by atoms with Gasteiger partial charge in [0.1, 0.15) is 0 Å². The van der Waals surface area contributed by atoms with Crippen LogP contribution in [0.1, 0.15) is 29.1 Å². The van der Waals surface area contributed by atoms with Crippen LogP contribution in [0.3, 0.4) is 0 Å². The molecule has 1 aliphatic heterocycles. The summed E-state index contributed by atoms with van der Waals surface area (Å²) >= 11 is 6.22. The highest BCUT2D eigenvalue weighted by molar-refractivity contribution is 6.33. The number of anilines is 1. The second-order valence-electron chi connectivity index (χ2n) is 8.33. The maximum atomic E-state index is 12.9. The fourth-order valence-corrected chi connectivity index (χ4v) is 4.22. The number of hydrogen-bond acceptors (Lipinski definition) is 7. The number of likely N-dealkylation sites (tertiary alicyclic amines) is 1. The van der Waals surface area contributed by atoms with Gasteiger partial charge in [-0.3, -0.25) is 14.5 Å². The van der Waals surface area contributed by atoms with Crippen molar-refractivity contribution >= 4 is 29.1 Å². The second-order valence-corrected chi connectivity index (χ2v) is 8.73. The molecule has 2 amide bonds. The van der Waals surface area contributed by atoms with E-state index in [-0.39, 0.29) is 17.7 Å². The smallest absolute Gasteiger partial charge is 0.253 e. The molecule has 0 bridgehead atoms. The predicted molar refractivity (Wildman–Crippen MR) is 132 cm³/mol. The Kier molecular flexibility index (Phi) is 8.46. The molecule has 1 saturated heterocycles.